The van der Waals surface area contributed by atoms with Gasteiger partial charge in [0, 0.05) is 0 Å². The van der Waals surface area contributed by atoms with E-state index in [1.165, 1.54) is 7.11 Å². The number of ether oxygens (including phenoxy) is 1. The Hall–Kier alpha value is -0.570. The molecule has 0 bridgehead atoms. The van der Waals surface area contributed by atoms with E-state index in [0.29, 0.717) is 5.92 Å². The molecule has 0 aromatic rings. The summed E-state index contributed by atoms with van der Waals surface area (Å²) in [6.45, 7) is 7.43. The lowest BCUT2D eigenvalue weighted by atomic mass is 10.0. The fourth-order valence-corrected chi connectivity index (χ4v) is 1.74. The van der Waals surface area contributed by atoms with Crippen LogP contribution in [-0.4, -0.2) is 25.7 Å². The summed E-state index contributed by atoms with van der Waals surface area (Å²) in [6.07, 6.45) is 5.37. The topological polar surface area (TPSA) is 38.3 Å². The molecule has 1 atom stereocenters. The maximum atomic E-state index is 11.5. The molecule has 0 heterocycles. The van der Waals surface area contributed by atoms with Gasteiger partial charge in [0.15, 0.2) is 0 Å². The molecule has 0 aliphatic heterocycles. The number of hydrogen-bond donors (Lipinski definition) is 1. The second-order valence-electron chi connectivity index (χ2n) is 4.31. The van der Waals surface area contributed by atoms with E-state index in [-0.39, 0.29) is 12.0 Å². The highest BCUT2D eigenvalue weighted by Gasteiger charge is 2.18. The summed E-state index contributed by atoms with van der Waals surface area (Å²) in [5.74, 6) is 0.535. The van der Waals surface area contributed by atoms with E-state index < -0.39 is 0 Å². The van der Waals surface area contributed by atoms with E-state index in [2.05, 4.69) is 26.1 Å². The summed E-state index contributed by atoms with van der Waals surface area (Å²) in [5.41, 5.74) is 0. The standard InChI is InChI=1S/C13H27NO2/c1-5-8-9-12(13(15)16-4)14-10-11(6-2)7-3/h11-12,14H,5-10H2,1-4H3. The molecule has 0 saturated heterocycles. The molecular weight excluding hydrogens is 202 g/mol. The maximum Gasteiger partial charge on any atom is 0.322 e. The average Bonchev–Trinajstić information content (AvgIpc) is 2.33. The molecule has 96 valence electrons. The van der Waals surface area contributed by atoms with Crippen molar-refractivity contribution in [1.29, 1.82) is 0 Å². The number of rotatable bonds is 9. The number of nitrogens with one attached hydrogen (secondary N) is 1. The minimum Gasteiger partial charge on any atom is -0.468 e. The molecule has 16 heavy (non-hydrogen) atoms. The third-order valence-corrected chi connectivity index (χ3v) is 3.14. The van der Waals surface area contributed by atoms with Gasteiger partial charge >= 0.3 is 5.97 Å². The van der Waals surface area contributed by atoms with E-state index in [9.17, 15) is 4.79 Å². The Bertz CT molecular complexity index is 179. The van der Waals surface area contributed by atoms with Crippen molar-refractivity contribution in [2.24, 2.45) is 5.92 Å². The van der Waals surface area contributed by atoms with Gasteiger partial charge in [-0.25, -0.2) is 0 Å². The van der Waals surface area contributed by atoms with Crippen molar-refractivity contribution in [3.8, 4) is 0 Å². The van der Waals surface area contributed by atoms with Crippen molar-refractivity contribution < 1.29 is 9.53 Å². The first-order chi connectivity index (χ1) is 7.69. The summed E-state index contributed by atoms with van der Waals surface area (Å²) < 4.78 is 4.81. The monoisotopic (exact) mass is 229 g/mol. The fourth-order valence-electron chi connectivity index (χ4n) is 1.74. The first kappa shape index (κ1) is 15.4. The molecule has 0 amide bonds. The van der Waals surface area contributed by atoms with Gasteiger partial charge in [-0.2, -0.15) is 0 Å². The summed E-state index contributed by atoms with van der Waals surface area (Å²) in [5, 5.41) is 3.33. The quantitative estimate of drug-likeness (QED) is 0.618. The fraction of sp³-hybridized carbons (Fsp3) is 0.923. The molecule has 0 saturated carbocycles. The van der Waals surface area contributed by atoms with Gasteiger partial charge in [0.25, 0.3) is 0 Å². The Morgan fingerprint density at radius 1 is 1.25 bits per heavy atom. The SMILES string of the molecule is CCCCC(NCC(CC)CC)C(=O)OC. The molecule has 0 aromatic heterocycles. The first-order valence-corrected chi connectivity index (χ1v) is 6.50. The summed E-state index contributed by atoms with van der Waals surface area (Å²) >= 11 is 0. The molecule has 0 spiro atoms. The van der Waals surface area contributed by atoms with Crippen LogP contribution in [0.5, 0.6) is 0 Å². The van der Waals surface area contributed by atoms with Crippen LogP contribution in [0, 0.1) is 5.92 Å². The number of methoxy groups -OCH3 is 1. The van der Waals surface area contributed by atoms with Crippen LogP contribution in [0.3, 0.4) is 0 Å². The normalized spacial score (nSPS) is 12.8. The van der Waals surface area contributed by atoms with Crippen molar-refractivity contribution in [3.63, 3.8) is 0 Å². The van der Waals surface area contributed by atoms with Crippen molar-refractivity contribution in [2.75, 3.05) is 13.7 Å². The number of esters is 1. The Labute approximate surface area is 99.9 Å². The average molecular weight is 229 g/mol. The third-order valence-electron chi connectivity index (χ3n) is 3.14. The van der Waals surface area contributed by atoms with Crippen LogP contribution in [0.15, 0.2) is 0 Å². The van der Waals surface area contributed by atoms with Crippen molar-refractivity contribution in [3.05, 3.63) is 0 Å². The molecule has 0 rings (SSSR count). The van der Waals surface area contributed by atoms with E-state index in [1.807, 2.05) is 0 Å². The Morgan fingerprint density at radius 2 is 1.88 bits per heavy atom. The van der Waals surface area contributed by atoms with Gasteiger partial charge in [0.2, 0.25) is 0 Å². The summed E-state index contributed by atoms with van der Waals surface area (Å²) in [7, 11) is 1.46. The summed E-state index contributed by atoms with van der Waals surface area (Å²) in [6, 6.07) is -0.120. The minimum absolute atomic E-state index is 0.120. The van der Waals surface area contributed by atoms with Crippen LogP contribution in [0.25, 0.3) is 0 Å². The number of carbonyl (C=O) groups excluding carboxylic acids is 1. The van der Waals surface area contributed by atoms with E-state index >= 15 is 0 Å². The Balaban J connectivity index is 4.04. The van der Waals surface area contributed by atoms with E-state index in [0.717, 1.165) is 38.6 Å². The lowest BCUT2D eigenvalue weighted by Crippen LogP contribution is -2.40. The molecular formula is C13H27NO2. The molecule has 1 N–H and O–H groups in total. The highest BCUT2D eigenvalue weighted by molar-refractivity contribution is 5.75. The second-order valence-corrected chi connectivity index (χ2v) is 4.31. The third kappa shape index (κ3) is 6.11. The van der Waals surface area contributed by atoms with Crippen LogP contribution in [0.1, 0.15) is 52.9 Å². The molecule has 1 unspecified atom stereocenters. The van der Waals surface area contributed by atoms with Gasteiger partial charge in [-0.1, -0.05) is 46.5 Å². The zero-order valence-electron chi connectivity index (χ0n) is 11.2. The molecule has 0 aliphatic carbocycles. The lowest BCUT2D eigenvalue weighted by Gasteiger charge is -2.19. The lowest BCUT2D eigenvalue weighted by molar-refractivity contribution is -0.143. The molecule has 0 aliphatic rings. The van der Waals surface area contributed by atoms with Gasteiger partial charge in [-0.15, -0.1) is 0 Å². The number of carbonyl (C=O) groups is 1. The van der Waals surface area contributed by atoms with E-state index in [4.69, 9.17) is 4.74 Å². The zero-order valence-corrected chi connectivity index (χ0v) is 11.2. The van der Waals surface area contributed by atoms with Crippen molar-refractivity contribution in [1.82, 2.24) is 5.32 Å². The maximum absolute atomic E-state index is 11.5. The van der Waals surface area contributed by atoms with Gasteiger partial charge in [0.1, 0.15) is 6.04 Å². The minimum atomic E-state index is -0.126. The summed E-state index contributed by atoms with van der Waals surface area (Å²) in [4.78, 5) is 11.5. The zero-order chi connectivity index (χ0) is 12.4. The molecule has 0 fully saturated rings. The first-order valence-electron chi connectivity index (χ1n) is 6.50. The number of unbranched alkanes of at least 4 members (excludes halogenated alkanes) is 1. The van der Waals surface area contributed by atoms with Gasteiger partial charge in [-0.05, 0) is 18.9 Å². The largest absolute Gasteiger partial charge is 0.468 e. The van der Waals surface area contributed by atoms with Crippen LogP contribution < -0.4 is 5.32 Å². The van der Waals surface area contributed by atoms with E-state index in [1.54, 1.807) is 0 Å². The van der Waals surface area contributed by atoms with Crippen LogP contribution in [-0.2, 0) is 9.53 Å². The Kier molecular flexibility index (Phi) is 9.30. The predicted octanol–water partition coefficient (Wildman–Crippen LogP) is 2.74. The van der Waals surface area contributed by atoms with Crippen LogP contribution in [0.4, 0.5) is 0 Å². The molecule has 3 heteroatoms. The number of hydrogen-bond acceptors (Lipinski definition) is 3. The van der Waals surface area contributed by atoms with Gasteiger partial charge < -0.3 is 10.1 Å². The van der Waals surface area contributed by atoms with Crippen LogP contribution in [0.2, 0.25) is 0 Å². The highest BCUT2D eigenvalue weighted by Crippen LogP contribution is 2.08. The second kappa shape index (κ2) is 9.64. The van der Waals surface area contributed by atoms with Crippen molar-refractivity contribution >= 4 is 5.97 Å². The van der Waals surface area contributed by atoms with Crippen molar-refractivity contribution in [2.45, 2.75) is 58.9 Å². The highest BCUT2D eigenvalue weighted by atomic mass is 16.5. The smallest absolute Gasteiger partial charge is 0.322 e. The molecule has 3 nitrogen and oxygen atoms in total. The predicted molar refractivity (Wildman–Crippen MR) is 67.4 cm³/mol. The van der Waals surface area contributed by atoms with Gasteiger partial charge in [0.05, 0.1) is 7.11 Å². The molecule has 0 radical (unpaired) electrons. The molecule has 0 aromatic carbocycles. The Morgan fingerprint density at radius 3 is 2.31 bits per heavy atom. The van der Waals surface area contributed by atoms with Gasteiger partial charge in [-0.3, -0.25) is 4.79 Å². The van der Waals surface area contributed by atoms with Crippen LogP contribution >= 0.6 is 0 Å².